The van der Waals surface area contributed by atoms with Gasteiger partial charge in [0.25, 0.3) is 11.5 Å². The highest BCUT2D eigenvalue weighted by atomic mass is 32.2. The lowest BCUT2D eigenvalue weighted by Gasteiger charge is -2.02. The highest BCUT2D eigenvalue weighted by Crippen LogP contribution is 2.21. The van der Waals surface area contributed by atoms with Gasteiger partial charge in [-0.2, -0.15) is 0 Å². The molecule has 0 aliphatic rings. The van der Waals surface area contributed by atoms with Gasteiger partial charge in [0.15, 0.2) is 0 Å². The quantitative estimate of drug-likeness (QED) is 0.837. The molecule has 0 aliphatic heterocycles. The van der Waals surface area contributed by atoms with Crippen LogP contribution in [0.4, 0.5) is 5.69 Å². The van der Waals surface area contributed by atoms with Crippen molar-refractivity contribution in [3.63, 3.8) is 0 Å². The van der Waals surface area contributed by atoms with Gasteiger partial charge in [0.1, 0.15) is 10.8 Å². The van der Waals surface area contributed by atoms with Gasteiger partial charge in [-0.15, -0.1) is 4.74 Å². The Labute approximate surface area is 107 Å². The van der Waals surface area contributed by atoms with Crippen LogP contribution in [-0.4, -0.2) is 21.4 Å². The molecule has 18 heavy (non-hydrogen) atoms. The minimum atomic E-state index is -0.466. The number of carbonyl (C=O) groups excluding carboxylic acids is 1. The zero-order valence-electron chi connectivity index (χ0n) is 9.62. The number of nitrogens with zero attached hydrogens (tertiary/aromatic N) is 2. The lowest BCUT2D eigenvalue weighted by Crippen LogP contribution is -2.23. The summed E-state index contributed by atoms with van der Waals surface area (Å²) in [7, 11) is 0. The molecule has 0 spiro atoms. The van der Waals surface area contributed by atoms with Gasteiger partial charge in [0, 0.05) is 12.3 Å². The van der Waals surface area contributed by atoms with E-state index < -0.39 is 11.5 Å². The van der Waals surface area contributed by atoms with Crippen molar-refractivity contribution in [3.8, 4) is 0 Å². The summed E-state index contributed by atoms with van der Waals surface area (Å²) in [6.07, 6.45) is 1.59. The maximum Gasteiger partial charge on any atom is 0.290 e. The third kappa shape index (κ3) is 2.62. The smallest absolute Gasteiger partial charge is 0.290 e. The third-order valence-corrected chi connectivity index (χ3v) is 3.13. The van der Waals surface area contributed by atoms with E-state index in [-0.39, 0.29) is 5.75 Å². The molecule has 0 aliphatic carbocycles. The van der Waals surface area contributed by atoms with Crippen LogP contribution in [-0.2, 0) is 0 Å². The van der Waals surface area contributed by atoms with Crippen molar-refractivity contribution >= 4 is 23.4 Å². The van der Waals surface area contributed by atoms with Crippen molar-refractivity contribution in [2.75, 3.05) is 11.5 Å². The molecular formula is C11H11N3O3S. The van der Waals surface area contributed by atoms with Crippen LogP contribution < -0.4 is 11.3 Å². The van der Waals surface area contributed by atoms with Crippen molar-refractivity contribution in [2.24, 2.45) is 0 Å². The summed E-state index contributed by atoms with van der Waals surface area (Å²) >= 11 is 1.16. The number of pyridine rings is 1. The normalized spacial score (nSPS) is 10.5. The Morgan fingerprint density at radius 1 is 1.61 bits per heavy atom. The predicted molar refractivity (Wildman–Crippen MR) is 67.7 cm³/mol. The van der Waals surface area contributed by atoms with Gasteiger partial charge in [-0.25, -0.2) is 4.98 Å². The molecule has 0 fully saturated rings. The van der Waals surface area contributed by atoms with E-state index in [0.717, 1.165) is 16.5 Å². The van der Waals surface area contributed by atoms with Crippen LogP contribution in [0.5, 0.6) is 0 Å². The molecule has 0 saturated carbocycles. The molecule has 7 heteroatoms. The maximum absolute atomic E-state index is 11.7. The number of nitrogens with two attached hydrogens (primary N) is 1. The minimum absolute atomic E-state index is 0.0358. The number of carbonyl (C=O) groups is 1. The summed E-state index contributed by atoms with van der Waals surface area (Å²) in [5.41, 5.74) is 5.73. The molecule has 0 atom stereocenters. The monoisotopic (exact) mass is 265 g/mol. The fraction of sp³-hybridized carbons (Fsp3) is 0.182. The number of hydrogen-bond donors (Lipinski definition) is 1. The van der Waals surface area contributed by atoms with Crippen LogP contribution in [0.1, 0.15) is 10.6 Å². The first-order valence-electron chi connectivity index (χ1n) is 5.14. The standard InChI is InChI=1S/C11H11N3O3S/c1-7-5-9(15)14(17-7)10(16)6-18-11-8(12)3-2-4-13-11/h2-5H,6,12H2,1H3. The van der Waals surface area contributed by atoms with Crippen molar-refractivity contribution in [1.82, 2.24) is 9.72 Å². The zero-order chi connectivity index (χ0) is 13.1. The molecular weight excluding hydrogens is 254 g/mol. The SMILES string of the molecule is Cc1cc(=O)n(C(=O)CSc2ncccc2N)o1. The van der Waals surface area contributed by atoms with Crippen LogP contribution in [0.3, 0.4) is 0 Å². The highest BCUT2D eigenvalue weighted by Gasteiger charge is 2.13. The number of thioether (sulfide) groups is 1. The van der Waals surface area contributed by atoms with E-state index in [1.807, 2.05) is 0 Å². The summed E-state index contributed by atoms with van der Waals surface area (Å²) in [5, 5.41) is 0.558. The molecule has 2 heterocycles. The Morgan fingerprint density at radius 3 is 3.00 bits per heavy atom. The third-order valence-electron chi connectivity index (χ3n) is 2.12. The molecule has 0 saturated heterocycles. The van der Waals surface area contributed by atoms with E-state index in [4.69, 9.17) is 10.3 Å². The van der Waals surface area contributed by atoms with Crippen molar-refractivity contribution in [2.45, 2.75) is 11.9 Å². The van der Waals surface area contributed by atoms with Crippen LogP contribution in [0, 0.1) is 6.92 Å². The summed E-state index contributed by atoms with van der Waals surface area (Å²) in [6.45, 7) is 1.61. The van der Waals surface area contributed by atoms with Crippen molar-refractivity contribution in [3.05, 3.63) is 40.5 Å². The Hall–Kier alpha value is -2.02. The van der Waals surface area contributed by atoms with Gasteiger partial charge in [-0.05, 0) is 19.1 Å². The van der Waals surface area contributed by atoms with Gasteiger partial charge >= 0.3 is 0 Å². The zero-order valence-corrected chi connectivity index (χ0v) is 10.4. The van der Waals surface area contributed by atoms with Gasteiger partial charge in [0.05, 0.1) is 11.4 Å². The lowest BCUT2D eigenvalue weighted by atomic mass is 10.4. The molecule has 2 N–H and O–H groups in total. The summed E-state index contributed by atoms with van der Waals surface area (Å²) in [4.78, 5) is 27.1. The molecule has 2 aromatic heterocycles. The van der Waals surface area contributed by atoms with Crippen LogP contribution >= 0.6 is 11.8 Å². The van der Waals surface area contributed by atoms with Crippen LogP contribution in [0.15, 0.2) is 38.7 Å². The predicted octanol–water partition coefficient (Wildman–Crippen LogP) is 1.16. The molecule has 2 rings (SSSR count). The number of aromatic nitrogens is 2. The number of aryl methyl sites for hydroxylation is 1. The first kappa shape index (κ1) is 12.4. The first-order valence-corrected chi connectivity index (χ1v) is 6.13. The Balaban J connectivity index is 2.08. The first-order chi connectivity index (χ1) is 8.58. The summed E-state index contributed by atoms with van der Waals surface area (Å²) < 4.78 is 5.72. The second-order valence-corrected chi connectivity index (χ2v) is 4.52. The molecule has 94 valence electrons. The summed E-state index contributed by atoms with van der Waals surface area (Å²) in [5.74, 6) is -0.00694. The molecule has 2 aromatic rings. The second-order valence-electron chi connectivity index (χ2n) is 3.56. The van der Waals surface area contributed by atoms with E-state index in [1.54, 1.807) is 25.3 Å². The highest BCUT2D eigenvalue weighted by molar-refractivity contribution is 8.00. The van der Waals surface area contributed by atoms with E-state index in [9.17, 15) is 9.59 Å². The van der Waals surface area contributed by atoms with E-state index in [0.29, 0.717) is 16.5 Å². The number of hydrogen-bond acceptors (Lipinski definition) is 6. The van der Waals surface area contributed by atoms with Gasteiger partial charge in [-0.1, -0.05) is 11.8 Å². The van der Waals surface area contributed by atoms with Crippen LogP contribution in [0.25, 0.3) is 0 Å². The topological polar surface area (TPSA) is 91.1 Å². The molecule has 6 nitrogen and oxygen atoms in total. The van der Waals surface area contributed by atoms with Gasteiger partial charge < -0.3 is 10.3 Å². The fourth-order valence-electron chi connectivity index (χ4n) is 1.33. The van der Waals surface area contributed by atoms with Crippen molar-refractivity contribution < 1.29 is 9.32 Å². The molecule has 0 radical (unpaired) electrons. The minimum Gasteiger partial charge on any atom is -0.397 e. The maximum atomic E-state index is 11.7. The molecule has 0 aromatic carbocycles. The van der Waals surface area contributed by atoms with Crippen LogP contribution in [0.2, 0.25) is 0 Å². The molecule has 0 bridgehead atoms. The average molecular weight is 265 g/mol. The average Bonchev–Trinajstić information content (AvgIpc) is 2.67. The number of rotatable bonds is 3. The van der Waals surface area contributed by atoms with Gasteiger partial charge in [-0.3, -0.25) is 9.59 Å². The number of nitrogen functional groups attached to an aromatic ring is 1. The van der Waals surface area contributed by atoms with E-state index in [1.165, 1.54) is 6.07 Å². The molecule has 0 unspecified atom stereocenters. The number of anilines is 1. The summed E-state index contributed by atoms with van der Waals surface area (Å²) in [6, 6.07) is 4.67. The van der Waals surface area contributed by atoms with E-state index >= 15 is 0 Å². The largest absolute Gasteiger partial charge is 0.397 e. The van der Waals surface area contributed by atoms with E-state index in [2.05, 4.69) is 4.98 Å². The Morgan fingerprint density at radius 2 is 2.39 bits per heavy atom. The Bertz CT molecular complexity index is 632. The lowest BCUT2D eigenvalue weighted by molar-refractivity contribution is 0.0813. The second kappa shape index (κ2) is 5.09. The van der Waals surface area contributed by atoms with Crippen molar-refractivity contribution in [1.29, 1.82) is 0 Å². The fourth-order valence-corrected chi connectivity index (χ4v) is 2.08. The molecule has 0 amide bonds. The Kier molecular flexibility index (Phi) is 3.52. The van der Waals surface area contributed by atoms with Gasteiger partial charge in [0.2, 0.25) is 0 Å².